The van der Waals surface area contributed by atoms with Gasteiger partial charge in [0.15, 0.2) is 11.5 Å². The lowest BCUT2D eigenvalue weighted by molar-refractivity contribution is 0.372. The molecule has 0 saturated heterocycles. The van der Waals surface area contributed by atoms with Crippen molar-refractivity contribution >= 4 is 0 Å². The minimum absolute atomic E-state index is 0.212. The van der Waals surface area contributed by atoms with Gasteiger partial charge >= 0.3 is 0 Å². The molecule has 3 heteroatoms. The molecule has 1 aromatic carbocycles. The van der Waals surface area contributed by atoms with Crippen LogP contribution >= 0.6 is 0 Å². The first-order valence-corrected chi connectivity index (χ1v) is 4.70. The Morgan fingerprint density at radius 2 is 2.14 bits per heavy atom. The van der Waals surface area contributed by atoms with Crippen LogP contribution in [0.1, 0.15) is 11.1 Å². The summed E-state index contributed by atoms with van der Waals surface area (Å²) in [5.41, 5.74) is 2.30. The third kappa shape index (κ3) is 2.39. The smallest absolute Gasteiger partial charge is 0.160 e. The van der Waals surface area contributed by atoms with Crippen molar-refractivity contribution in [2.75, 3.05) is 20.7 Å². The second kappa shape index (κ2) is 4.86. The number of likely N-dealkylation sites (N-methyl/N-ethyl adjacent to an activating group) is 1. The highest BCUT2D eigenvalue weighted by Gasteiger charge is 2.05. The van der Waals surface area contributed by atoms with Gasteiger partial charge in [0.2, 0.25) is 0 Å². The maximum Gasteiger partial charge on any atom is 0.160 e. The monoisotopic (exact) mass is 195 g/mol. The predicted octanol–water partition coefficient (Wildman–Crippen LogP) is 1.47. The average Bonchev–Trinajstić information content (AvgIpc) is 2.18. The second-order valence-electron chi connectivity index (χ2n) is 3.30. The van der Waals surface area contributed by atoms with E-state index in [1.54, 1.807) is 13.2 Å². The van der Waals surface area contributed by atoms with E-state index in [9.17, 15) is 5.11 Å². The number of methoxy groups -OCH3 is 1. The Balaban J connectivity index is 2.90. The third-order valence-electron chi connectivity index (χ3n) is 2.28. The fourth-order valence-electron chi connectivity index (χ4n) is 1.41. The fourth-order valence-corrected chi connectivity index (χ4v) is 1.41. The molecule has 78 valence electrons. The molecule has 0 unspecified atom stereocenters. The van der Waals surface area contributed by atoms with Gasteiger partial charge in [0, 0.05) is 0 Å². The summed E-state index contributed by atoms with van der Waals surface area (Å²) in [6, 6.07) is 3.63. The van der Waals surface area contributed by atoms with E-state index in [1.807, 2.05) is 20.0 Å². The van der Waals surface area contributed by atoms with Crippen LogP contribution in [0.3, 0.4) is 0 Å². The van der Waals surface area contributed by atoms with Crippen molar-refractivity contribution in [1.29, 1.82) is 0 Å². The molecule has 0 aliphatic carbocycles. The number of phenols is 1. The van der Waals surface area contributed by atoms with Gasteiger partial charge < -0.3 is 15.2 Å². The van der Waals surface area contributed by atoms with E-state index in [0.29, 0.717) is 5.75 Å². The average molecular weight is 195 g/mol. The first-order valence-electron chi connectivity index (χ1n) is 4.70. The van der Waals surface area contributed by atoms with Crippen molar-refractivity contribution in [1.82, 2.24) is 5.32 Å². The van der Waals surface area contributed by atoms with E-state index >= 15 is 0 Å². The van der Waals surface area contributed by atoms with Gasteiger partial charge in [-0.05, 0) is 50.2 Å². The van der Waals surface area contributed by atoms with Gasteiger partial charge in [0.05, 0.1) is 7.11 Å². The van der Waals surface area contributed by atoms with Gasteiger partial charge in [-0.3, -0.25) is 0 Å². The van der Waals surface area contributed by atoms with Crippen LogP contribution in [0, 0.1) is 6.92 Å². The molecule has 0 aliphatic rings. The summed E-state index contributed by atoms with van der Waals surface area (Å²) in [6.45, 7) is 2.93. The molecular weight excluding hydrogens is 178 g/mol. The van der Waals surface area contributed by atoms with Crippen LogP contribution in [0.5, 0.6) is 11.5 Å². The molecule has 0 atom stereocenters. The molecule has 0 fully saturated rings. The van der Waals surface area contributed by atoms with Gasteiger partial charge in [0.25, 0.3) is 0 Å². The van der Waals surface area contributed by atoms with E-state index in [1.165, 1.54) is 0 Å². The number of aryl methyl sites for hydroxylation is 1. The molecule has 0 heterocycles. The molecule has 1 rings (SSSR count). The lowest BCUT2D eigenvalue weighted by Gasteiger charge is -2.09. The zero-order chi connectivity index (χ0) is 10.6. The number of nitrogens with one attached hydrogen (secondary N) is 1. The van der Waals surface area contributed by atoms with Gasteiger partial charge in [-0.15, -0.1) is 0 Å². The summed E-state index contributed by atoms with van der Waals surface area (Å²) in [7, 11) is 3.47. The molecule has 0 aromatic heterocycles. The lowest BCUT2D eigenvalue weighted by Crippen LogP contribution is -2.11. The molecule has 0 radical (unpaired) electrons. The van der Waals surface area contributed by atoms with Crippen LogP contribution in [0.25, 0.3) is 0 Å². The van der Waals surface area contributed by atoms with Crippen LogP contribution in [-0.4, -0.2) is 25.8 Å². The summed E-state index contributed by atoms with van der Waals surface area (Å²) in [5.74, 6) is 0.750. The number of benzene rings is 1. The summed E-state index contributed by atoms with van der Waals surface area (Å²) in [4.78, 5) is 0. The Morgan fingerprint density at radius 3 is 2.71 bits per heavy atom. The number of hydrogen-bond donors (Lipinski definition) is 2. The number of ether oxygens (including phenoxy) is 1. The van der Waals surface area contributed by atoms with Crippen molar-refractivity contribution in [3.8, 4) is 11.5 Å². The summed E-state index contributed by atoms with van der Waals surface area (Å²) in [5, 5.41) is 12.6. The highest BCUT2D eigenvalue weighted by molar-refractivity contribution is 5.46. The van der Waals surface area contributed by atoms with Gasteiger partial charge in [-0.1, -0.05) is 0 Å². The summed E-state index contributed by atoms with van der Waals surface area (Å²) < 4.78 is 5.02. The number of aromatic hydroxyl groups is 1. The molecule has 0 bridgehead atoms. The lowest BCUT2D eigenvalue weighted by atomic mass is 10.0. The Kier molecular flexibility index (Phi) is 3.77. The van der Waals surface area contributed by atoms with Crippen molar-refractivity contribution < 1.29 is 9.84 Å². The highest BCUT2D eigenvalue weighted by atomic mass is 16.5. The third-order valence-corrected chi connectivity index (χ3v) is 2.28. The van der Waals surface area contributed by atoms with Crippen molar-refractivity contribution in [3.63, 3.8) is 0 Å². The van der Waals surface area contributed by atoms with E-state index in [0.717, 1.165) is 24.1 Å². The number of rotatable bonds is 4. The van der Waals surface area contributed by atoms with E-state index in [2.05, 4.69) is 5.32 Å². The minimum atomic E-state index is 0.212. The normalized spacial score (nSPS) is 10.2. The first-order chi connectivity index (χ1) is 6.69. The van der Waals surface area contributed by atoms with Gasteiger partial charge in [-0.25, -0.2) is 0 Å². The van der Waals surface area contributed by atoms with Crippen molar-refractivity contribution in [2.45, 2.75) is 13.3 Å². The van der Waals surface area contributed by atoms with Gasteiger partial charge in [-0.2, -0.15) is 0 Å². The molecule has 3 nitrogen and oxygen atoms in total. The molecule has 2 N–H and O–H groups in total. The van der Waals surface area contributed by atoms with E-state index < -0.39 is 0 Å². The van der Waals surface area contributed by atoms with Crippen LogP contribution in [0.4, 0.5) is 0 Å². The minimum Gasteiger partial charge on any atom is -0.504 e. The SMILES string of the molecule is CNCCc1cc(O)c(OC)cc1C. The summed E-state index contributed by atoms with van der Waals surface area (Å²) in [6.07, 6.45) is 0.917. The maximum absolute atomic E-state index is 9.57. The van der Waals surface area contributed by atoms with E-state index in [-0.39, 0.29) is 5.75 Å². The Hall–Kier alpha value is -1.22. The van der Waals surface area contributed by atoms with Crippen LogP contribution < -0.4 is 10.1 Å². The molecule has 0 saturated carbocycles. The van der Waals surface area contributed by atoms with Crippen molar-refractivity contribution in [2.24, 2.45) is 0 Å². The quantitative estimate of drug-likeness (QED) is 0.764. The molecule has 0 aliphatic heterocycles. The largest absolute Gasteiger partial charge is 0.504 e. The topological polar surface area (TPSA) is 41.5 Å². The van der Waals surface area contributed by atoms with Crippen LogP contribution in [-0.2, 0) is 6.42 Å². The van der Waals surface area contributed by atoms with Gasteiger partial charge in [0.1, 0.15) is 0 Å². The molecular formula is C11H17NO2. The summed E-state index contributed by atoms with van der Waals surface area (Å²) >= 11 is 0. The molecule has 0 spiro atoms. The zero-order valence-corrected chi connectivity index (χ0v) is 8.92. The van der Waals surface area contributed by atoms with Crippen molar-refractivity contribution in [3.05, 3.63) is 23.3 Å². The standard InChI is InChI=1S/C11H17NO2/c1-8-6-11(14-3)10(13)7-9(8)4-5-12-2/h6-7,12-13H,4-5H2,1-3H3. The van der Waals surface area contributed by atoms with Crippen LogP contribution in [0.2, 0.25) is 0 Å². The predicted molar refractivity (Wildman–Crippen MR) is 57.0 cm³/mol. The highest BCUT2D eigenvalue weighted by Crippen LogP contribution is 2.29. The first kappa shape index (κ1) is 10.9. The Morgan fingerprint density at radius 1 is 1.43 bits per heavy atom. The van der Waals surface area contributed by atoms with E-state index in [4.69, 9.17) is 4.74 Å². The molecule has 0 amide bonds. The Labute approximate surface area is 84.7 Å². The molecule has 14 heavy (non-hydrogen) atoms. The number of phenolic OH excluding ortho intramolecular Hbond substituents is 1. The fraction of sp³-hybridized carbons (Fsp3) is 0.455. The number of hydrogen-bond acceptors (Lipinski definition) is 3. The van der Waals surface area contributed by atoms with Crippen LogP contribution in [0.15, 0.2) is 12.1 Å². The second-order valence-corrected chi connectivity index (χ2v) is 3.30. The maximum atomic E-state index is 9.57. The Bertz CT molecular complexity index is 310. The molecule has 1 aromatic rings. The zero-order valence-electron chi connectivity index (χ0n) is 8.92.